The number of thiophene rings is 1. The van der Waals surface area contributed by atoms with E-state index >= 15 is 0 Å². The summed E-state index contributed by atoms with van der Waals surface area (Å²) >= 11 is 7.46. The lowest BCUT2D eigenvalue weighted by molar-refractivity contribution is -0.123. The van der Waals surface area contributed by atoms with Crippen LogP contribution in [0.3, 0.4) is 0 Å². The van der Waals surface area contributed by atoms with Crippen LogP contribution in [0.5, 0.6) is 11.5 Å². The van der Waals surface area contributed by atoms with Gasteiger partial charge in [0, 0.05) is 4.88 Å². The van der Waals surface area contributed by atoms with Gasteiger partial charge in [0.05, 0.1) is 17.1 Å². The van der Waals surface area contributed by atoms with Crippen molar-refractivity contribution >= 4 is 40.8 Å². The van der Waals surface area contributed by atoms with Gasteiger partial charge in [-0.3, -0.25) is 10.1 Å². The zero-order chi connectivity index (χ0) is 18.5. The summed E-state index contributed by atoms with van der Waals surface area (Å²) < 4.78 is 15.2. The number of carbonyl (C=O) groups is 3. The summed E-state index contributed by atoms with van der Waals surface area (Å²) in [5.74, 6) is -0.863. The number of nitrogens with one attached hydrogen (secondary N) is 2. The van der Waals surface area contributed by atoms with Crippen LogP contribution in [-0.4, -0.2) is 31.3 Å². The Bertz CT molecular complexity index is 840. The van der Waals surface area contributed by atoms with Gasteiger partial charge in [0.2, 0.25) is 6.79 Å². The standard InChI is InChI=1S/C16H13ClN2O6S/c17-11-4-9(5-12-14(11)25-8-24-12)15(21)23-7-13(20)19-16(22)18-6-10-2-1-3-26-10/h1-5H,6-8H2,(H2,18,19,20,22). The molecule has 2 N–H and O–H groups in total. The van der Waals surface area contributed by atoms with Crippen LogP contribution in [0.1, 0.15) is 15.2 Å². The number of amides is 3. The molecule has 1 aromatic heterocycles. The molecule has 0 unspecified atom stereocenters. The van der Waals surface area contributed by atoms with Crippen LogP contribution in [-0.2, 0) is 16.1 Å². The van der Waals surface area contributed by atoms with E-state index in [4.69, 9.17) is 25.8 Å². The van der Waals surface area contributed by atoms with E-state index in [-0.39, 0.29) is 17.4 Å². The smallest absolute Gasteiger partial charge is 0.338 e. The predicted octanol–water partition coefficient (Wildman–Crippen LogP) is 2.31. The molecule has 10 heteroatoms. The molecule has 1 aliphatic rings. The number of urea groups is 1. The highest BCUT2D eigenvalue weighted by molar-refractivity contribution is 7.09. The maximum atomic E-state index is 12.0. The van der Waals surface area contributed by atoms with Crippen LogP contribution in [0.25, 0.3) is 0 Å². The van der Waals surface area contributed by atoms with Crippen molar-refractivity contribution in [3.05, 3.63) is 45.1 Å². The quantitative estimate of drug-likeness (QED) is 0.752. The molecular formula is C16H13ClN2O6S. The van der Waals surface area contributed by atoms with E-state index in [9.17, 15) is 14.4 Å². The summed E-state index contributed by atoms with van der Waals surface area (Å²) in [4.78, 5) is 36.3. The number of esters is 1. The first-order chi connectivity index (χ1) is 12.5. The second-order valence-electron chi connectivity index (χ2n) is 5.08. The van der Waals surface area contributed by atoms with Crippen LogP contribution in [0.15, 0.2) is 29.6 Å². The molecule has 0 saturated heterocycles. The predicted molar refractivity (Wildman–Crippen MR) is 92.6 cm³/mol. The molecule has 3 amide bonds. The third-order valence-corrected chi connectivity index (χ3v) is 4.41. The molecule has 1 aliphatic heterocycles. The molecule has 136 valence electrons. The minimum absolute atomic E-state index is 0.0105. The van der Waals surface area contributed by atoms with Gasteiger partial charge in [-0.2, -0.15) is 0 Å². The Morgan fingerprint density at radius 2 is 2.12 bits per heavy atom. The number of carbonyl (C=O) groups excluding carboxylic acids is 3. The maximum absolute atomic E-state index is 12.0. The number of halogens is 1. The number of hydrogen-bond acceptors (Lipinski definition) is 7. The fourth-order valence-electron chi connectivity index (χ4n) is 2.09. The van der Waals surface area contributed by atoms with Crippen LogP contribution in [0.4, 0.5) is 4.79 Å². The Morgan fingerprint density at radius 3 is 2.88 bits per heavy atom. The zero-order valence-corrected chi connectivity index (χ0v) is 14.8. The van der Waals surface area contributed by atoms with Gasteiger partial charge >= 0.3 is 12.0 Å². The molecule has 0 spiro atoms. The van der Waals surface area contributed by atoms with Crippen molar-refractivity contribution in [1.82, 2.24) is 10.6 Å². The topological polar surface area (TPSA) is 103 Å². The second-order valence-corrected chi connectivity index (χ2v) is 6.52. The summed E-state index contributed by atoms with van der Waals surface area (Å²) in [6, 6.07) is 5.79. The molecule has 26 heavy (non-hydrogen) atoms. The lowest BCUT2D eigenvalue weighted by Gasteiger charge is -2.08. The molecular weight excluding hydrogens is 384 g/mol. The van der Waals surface area contributed by atoms with Crippen molar-refractivity contribution in [3.63, 3.8) is 0 Å². The number of ether oxygens (including phenoxy) is 3. The normalized spacial score (nSPS) is 11.7. The summed E-state index contributed by atoms with van der Waals surface area (Å²) in [7, 11) is 0. The van der Waals surface area contributed by atoms with E-state index in [1.54, 1.807) is 0 Å². The molecule has 1 aromatic carbocycles. The molecule has 0 bridgehead atoms. The summed E-state index contributed by atoms with van der Waals surface area (Å²) in [5.41, 5.74) is 0.106. The van der Waals surface area contributed by atoms with Crippen molar-refractivity contribution < 1.29 is 28.6 Å². The minimum Gasteiger partial charge on any atom is -0.454 e. The Morgan fingerprint density at radius 1 is 1.27 bits per heavy atom. The highest BCUT2D eigenvalue weighted by Gasteiger charge is 2.22. The fraction of sp³-hybridized carbons (Fsp3) is 0.188. The molecule has 2 aromatic rings. The molecule has 0 saturated carbocycles. The molecule has 0 fully saturated rings. The first-order valence-corrected chi connectivity index (χ1v) is 8.65. The SMILES string of the molecule is O=C(COC(=O)c1cc(Cl)c2c(c1)OCO2)NC(=O)NCc1cccs1. The third kappa shape index (κ3) is 4.44. The third-order valence-electron chi connectivity index (χ3n) is 3.25. The van der Waals surface area contributed by atoms with E-state index in [0.29, 0.717) is 18.0 Å². The van der Waals surface area contributed by atoms with E-state index < -0.39 is 24.5 Å². The Kier molecular flexibility index (Phi) is 5.59. The van der Waals surface area contributed by atoms with Gasteiger partial charge in [-0.25, -0.2) is 9.59 Å². The van der Waals surface area contributed by atoms with Gasteiger partial charge in [-0.05, 0) is 23.6 Å². The van der Waals surface area contributed by atoms with Gasteiger partial charge in [0.1, 0.15) is 0 Å². The largest absolute Gasteiger partial charge is 0.454 e. The lowest BCUT2D eigenvalue weighted by Crippen LogP contribution is -2.41. The van der Waals surface area contributed by atoms with Gasteiger partial charge in [-0.15, -0.1) is 11.3 Å². The molecule has 2 heterocycles. The first-order valence-electron chi connectivity index (χ1n) is 7.39. The Labute approximate surface area is 157 Å². The van der Waals surface area contributed by atoms with Crippen LogP contribution in [0.2, 0.25) is 5.02 Å². The highest BCUT2D eigenvalue weighted by atomic mass is 35.5. The van der Waals surface area contributed by atoms with E-state index in [1.165, 1.54) is 23.5 Å². The summed E-state index contributed by atoms with van der Waals surface area (Å²) in [5, 5.41) is 6.67. The minimum atomic E-state index is -0.778. The molecule has 8 nitrogen and oxygen atoms in total. The highest BCUT2D eigenvalue weighted by Crippen LogP contribution is 2.39. The van der Waals surface area contributed by atoms with E-state index in [0.717, 1.165) is 4.88 Å². The van der Waals surface area contributed by atoms with Crippen LogP contribution < -0.4 is 20.1 Å². The van der Waals surface area contributed by atoms with Gasteiger partial charge in [-0.1, -0.05) is 17.7 Å². The number of rotatable bonds is 5. The fourth-order valence-corrected chi connectivity index (χ4v) is 3.00. The number of benzene rings is 1. The molecule has 3 rings (SSSR count). The van der Waals surface area contributed by atoms with Crippen molar-refractivity contribution in [2.24, 2.45) is 0 Å². The number of imide groups is 1. The average molecular weight is 397 g/mol. The molecule has 0 aliphatic carbocycles. The average Bonchev–Trinajstić information content (AvgIpc) is 3.29. The van der Waals surface area contributed by atoms with Gasteiger partial charge < -0.3 is 19.5 Å². The van der Waals surface area contributed by atoms with Gasteiger partial charge in [0.25, 0.3) is 5.91 Å². The molecule has 0 atom stereocenters. The Balaban J connectivity index is 1.46. The zero-order valence-electron chi connectivity index (χ0n) is 13.2. The van der Waals surface area contributed by atoms with E-state index in [2.05, 4.69) is 10.6 Å². The van der Waals surface area contributed by atoms with Crippen molar-refractivity contribution in [2.45, 2.75) is 6.54 Å². The van der Waals surface area contributed by atoms with E-state index in [1.807, 2.05) is 17.5 Å². The second kappa shape index (κ2) is 8.07. The molecule has 0 radical (unpaired) electrons. The number of fused-ring (bicyclic) bond motifs is 1. The lowest BCUT2D eigenvalue weighted by atomic mass is 10.2. The van der Waals surface area contributed by atoms with Crippen molar-refractivity contribution in [1.29, 1.82) is 0 Å². The monoisotopic (exact) mass is 396 g/mol. The number of hydrogen-bond donors (Lipinski definition) is 2. The van der Waals surface area contributed by atoms with Crippen molar-refractivity contribution in [3.8, 4) is 11.5 Å². The van der Waals surface area contributed by atoms with Crippen LogP contribution in [0, 0.1) is 0 Å². The summed E-state index contributed by atoms with van der Waals surface area (Å²) in [6.07, 6.45) is 0. The van der Waals surface area contributed by atoms with Gasteiger partial charge in [0.15, 0.2) is 18.1 Å². The van der Waals surface area contributed by atoms with Crippen LogP contribution >= 0.6 is 22.9 Å². The Hall–Kier alpha value is -2.78. The maximum Gasteiger partial charge on any atom is 0.338 e. The first kappa shape index (κ1) is 18.0. The summed E-state index contributed by atoms with van der Waals surface area (Å²) in [6.45, 7) is -0.305. The van der Waals surface area contributed by atoms with Crippen molar-refractivity contribution in [2.75, 3.05) is 13.4 Å².